The van der Waals surface area contributed by atoms with Crippen molar-refractivity contribution >= 4 is 23.3 Å². The van der Waals surface area contributed by atoms with Crippen LogP contribution in [0.3, 0.4) is 0 Å². The van der Waals surface area contributed by atoms with Crippen LogP contribution in [-0.4, -0.2) is 27.9 Å². The highest BCUT2D eigenvalue weighted by molar-refractivity contribution is 6.00. The van der Waals surface area contributed by atoms with Gasteiger partial charge in [0.2, 0.25) is 0 Å². The van der Waals surface area contributed by atoms with Crippen molar-refractivity contribution in [1.82, 2.24) is 10.3 Å². The maximum atomic E-state index is 12.7. The summed E-state index contributed by atoms with van der Waals surface area (Å²) in [4.78, 5) is 29.3. The predicted molar refractivity (Wildman–Crippen MR) is 126 cm³/mol. The second-order valence-electron chi connectivity index (χ2n) is 8.21. The average Bonchev–Trinajstić information content (AvgIpc) is 2.74. The molecular formula is C25H28N4O3. The lowest BCUT2D eigenvalue weighted by Gasteiger charge is -2.23. The van der Waals surface area contributed by atoms with Gasteiger partial charge in [-0.25, -0.2) is 4.98 Å². The zero-order valence-corrected chi connectivity index (χ0v) is 18.6. The number of aliphatic hydroxyl groups is 1. The summed E-state index contributed by atoms with van der Waals surface area (Å²) in [6, 6.07) is 15.8. The normalized spacial score (nSPS) is 12.8. The number of nitrogens with one attached hydrogen (secondary N) is 2. The molecule has 1 atom stereocenters. The number of carbonyl (C=O) groups excluding carboxylic acids is 2. The summed E-state index contributed by atoms with van der Waals surface area (Å²) >= 11 is 0. The third kappa shape index (κ3) is 4.95. The monoisotopic (exact) mass is 432 g/mol. The van der Waals surface area contributed by atoms with Gasteiger partial charge in [-0.05, 0) is 62.6 Å². The maximum absolute atomic E-state index is 12.7. The van der Waals surface area contributed by atoms with Gasteiger partial charge in [-0.2, -0.15) is 0 Å². The first-order chi connectivity index (χ1) is 15.1. The zero-order valence-electron chi connectivity index (χ0n) is 18.6. The smallest absolute Gasteiger partial charge is 0.260 e. The van der Waals surface area contributed by atoms with Crippen molar-refractivity contribution in [2.75, 3.05) is 11.1 Å². The molecule has 0 saturated heterocycles. The zero-order chi connectivity index (χ0) is 23.5. The van der Waals surface area contributed by atoms with Crippen molar-refractivity contribution in [3.8, 4) is 11.1 Å². The molecule has 32 heavy (non-hydrogen) atoms. The molecule has 3 rings (SSSR count). The number of hydrogen-bond acceptors (Lipinski definition) is 5. The number of aryl methyl sites for hydroxylation is 1. The molecule has 7 heteroatoms. The standard InChI is InChI=1S/C25H28N4O3/c1-15(2)28-23(30)21-13-17(14-27-22(21)26)20-11-10-19(12-16(20)3)29-24(31)25(4,32)18-8-6-5-7-9-18/h5-15,32H,1-4H3,(H2,26,27)(H,28,30)(H,29,31)/t25-/m0/s1. The van der Waals surface area contributed by atoms with Crippen molar-refractivity contribution in [2.24, 2.45) is 0 Å². The summed E-state index contributed by atoms with van der Waals surface area (Å²) in [5.74, 6) is -0.647. The van der Waals surface area contributed by atoms with E-state index in [1.807, 2.05) is 32.9 Å². The summed E-state index contributed by atoms with van der Waals surface area (Å²) < 4.78 is 0. The van der Waals surface area contributed by atoms with Crippen LogP contribution in [-0.2, 0) is 10.4 Å². The van der Waals surface area contributed by atoms with Crippen LogP contribution >= 0.6 is 0 Å². The number of hydrogen-bond donors (Lipinski definition) is 4. The number of anilines is 2. The van der Waals surface area contributed by atoms with Gasteiger partial charge in [0.1, 0.15) is 5.82 Å². The SMILES string of the molecule is Cc1cc(NC(=O)[C@@](C)(O)c2ccccc2)ccc1-c1cnc(N)c(C(=O)NC(C)C)c1. The van der Waals surface area contributed by atoms with E-state index >= 15 is 0 Å². The second-order valence-corrected chi connectivity index (χ2v) is 8.21. The van der Waals surface area contributed by atoms with Gasteiger partial charge in [0.25, 0.3) is 11.8 Å². The molecule has 0 aliphatic heterocycles. The van der Waals surface area contributed by atoms with Crippen molar-refractivity contribution < 1.29 is 14.7 Å². The topological polar surface area (TPSA) is 117 Å². The van der Waals surface area contributed by atoms with E-state index in [4.69, 9.17) is 5.73 Å². The van der Waals surface area contributed by atoms with Crippen LogP contribution in [0.5, 0.6) is 0 Å². The van der Waals surface area contributed by atoms with E-state index in [1.54, 1.807) is 48.7 Å². The summed E-state index contributed by atoms with van der Waals surface area (Å²) in [5, 5.41) is 16.3. The van der Waals surface area contributed by atoms with Gasteiger partial charge in [0, 0.05) is 23.5 Å². The van der Waals surface area contributed by atoms with E-state index in [0.717, 1.165) is 16.7 Å². The highest BCUT2D eigenvalue weighted by Crippen LogP contribution is 2.29. The molecule has 3 aromatic rings. The Morgan fingerprint density at radius 1 is 1.09 bits per heavy atom. The van der Waals surface area contributed by atoms with Gasteiger partial charge >= 0.3 is 0 Å². The van der Waals surface area contributed by atoms with Crippen molar-refractivity contribution in [2.45, 2.75) is 39.3 Å². The molecule has 1 aromatic heterocycles. The van der Waals surface area contributed by atoms with Gasteiger partial charge in [0.05, 0.1) is 5.56 Å². The van der Waals surface area contributed by atoms with E-state index in [9.17, 15) is 14.7 Å². The third-order valence-electron chi connectivity index (χ3n) is 5.16. The molecule has 0 unspecified atom stereocenters. The number of nitrogen functional groups attached to an aromatic ring is 1. The van der Waals surface area contributed by atoms with Gasteiger partial charge < -0.3 is 21.5 Å². The molecule has 7 nitrogen and oxygen atoms in total. The first kappa shape index (κ1) is 23.0. The Morgan fingerprint density at radius 2 is 1.78 bits per heavy atom. The number of benzene rings is 2. The van der Waals surface area contributed by atoms with E-state index in [2.05, 4.69) is 15.6 Å². The minimum Gasteiger partial charge on any atom is -0.383 e. The van der Waals surface area contributed by atoms with Crippen molar-refractivity contribution in [3.05, 3.63) is 77.5 Å². The highest BCUT2D eigenvalue weighted by atomic mass is 16.3. The van der Waals surface area contributed by atoms with Gasteiger partial charge in [-0.3, -0.25) is 9.59 Å². The molecule has 1 heterocycles. The number of amides is 2. The van der Waals surface area contributed by atoms with Gasteiger partial charge in [-0.15, -0.1) is 0 Å². The summed E-state index contributed by atoms with van der Waals surface area (Å²) in [7, 11) is 0. The number of carbonyl (C=O) groups is 2. The maximum Gasteiger partial charge on any atom is 0.260 e. The summed E-state index contributed by atoms with van der Waals surface area (Å²) in [6.07, 6.45) is 1.61. The molecule has 5 N–H and O–H groups in total. The molecule has 166 valence electrons. The molecule has 2 aromatic carbocycles. The Hall–Kier alpha value is -3.71. The van der Waals surface area contributed by atoms with Crippen LogP contribution < -0.4 is 16.4 Å². The summed E-state index contributed by atoms with van der Waals surface area (Å²) in [6.45, 7) is 7.10. The molecule has 0 radical (unpaired) electrons. The number of nitrogens with zero attached hydrogens (tertiary/aromatic N) is 1. The molecule has 0 spiro atoms. The van der Waals surface area contributed by atoms with E-state index in [0.29, 0.717) is 16.8 Å². The largest absolute Gasteiger partial charge is 0.383 e. The number of aromatic nitrogens is 1. The molecule has 0 aliphatic rings. The third-order valence-corrected chi connectivity index (χ3v) is 5.16. The Bertz CT molecular complexity index is 1140. The Labute approximate surface area is 187 Å². The molecule has 0 fully saturated rings. The van der Waals surface area contributed by atoms with Crippen molar-refractivity contribution in [1.29, 1.82) is 0 Å². The highest BCUT2D eigenvalue weighted by Gasteiger charge is 2.32. The first-order valence-electron chi connectivity index (χ1n) is 10.4. The quantitative estimate of drug-likeness (QED) is 0.475. The Morgan fingerprint density at radius 3 is 2.41 bits per heavy atom. The lowest BCUT2D eigenvalue weighted by atomic mass is 9.94. The fraction of sp³-hybridized carbons (Fsp3) is 0.240. The van der Waals surface area contributed by atoms with E-state index in [1.165, 1.54) is 6.92 Å². The minimum atomic E-state index is -1.67. The number of rotatable bonds is 6. The van der Waals surface area contributed by atoms with Crippen LogP contribution in [0.15, 0.2) is 60.8 Å². The molecular weight excluding hydrogens is 404 g/mol. The Kier molecular flexibility index (Phi) is 6.60. The molecule has 0 aliphatic carbocycles. The number of nitrogens with two attached hydrogens (primary N) is 1. The fourth-order valence-corrected chi connectivity index (χ4v) is 3.36. The molecule has 0 saturated carbocycles. The van der Waals surface area contributed by atoms with Crippen molar-refractivity contribution in [3.63, 3.8) is 0 Å². The Balaban J connectivity index is 1.84. The minimum absolute atomic E-state index is 0.0247. The first-order valence-corrected chi connectivity index (χ1v) is 10.4. The van der Waals surface area contributed by atoms with E-state index < -0.39 is 11.5 Å². The predicted octanol–water partition coefficient (Wildman–Crippen LogP) is 3.62. The fourth-order valence-electron chi connectivity index (χ4n) is 3.36. The second kappa shape index (κ2) is 9.20. The average molecular weight is 433 g/mol. The lowest BCUT2D eigenvalue weighted by Crippen LogP contribution is -2.37. The van der Waals surface area contributed by atoms with Gasteiger partial charge in [-0.1, -0.05) is 36.4 Å². The van der Waals surface area contributed by atoms with Gasteiger partial charge in [0.15, 0.2) is 5.60 Å². The lowest BCUT2D eigenvalue weighted by molar-refractivity contribution is -0.133. The van der Waals surface area contributed by atoms with Crippen LogP contribution in [0.2, 0.25) is 0 Å². The van der Waals surface area contributed by atoms with Crippen LogP contribution in [0, 0.1) is 6.92 Å². The van der Waals surface area contributed by atoms with E-state index in [-0.39, 0.29) is 17.8 Å². The van der Waals surface area contributed by atoms with Crippen LogP contribution in [0.25, 0.3) is 11.1 Å². The summed E-state index contributed by atoms with van der Waals surface area (Å²) in [5.41, 5.74) is 8.05. The van der Waals surface area contributed by atoms with Crippen LogP contribution in [0.4, 0.5) is 11.5 Å². The molecule has 0 bridgehead atoms. The molecule has 2 amide bonds. The number of pyridine rings is 1. The van der Waals surface area contributed by atoms with Crippen LogP contribution in [0.1, 0.15) is 42.3 Å².